The SMILES string of the molecule is NNC(=O)c1ccc(=O)n(C(=O)C23CC(C2)C3)n1. The molecule has 2 bridgehead atoms. The molecule has 0 unspecified atom stereocenters. The molecule has 4 rings (SSSR count). The first-order valence-electron chi connectivity index (χ1n) is 5.72. The number of amides is 1. The van der Waals surface area contributed by atoms with Crippen LogP contribution in [0.5, 0.6) is 0 Å². The van der Waals surface area contributed by atoms with Crippen LogP contribution < -0.4 is 16.8 Å². The van der Waals surface area contributed by atoms with Crippen molar-refractivity contribution in [2.75, 3.05) is 0 Å². The third-order valence-electron chi connectivity index (χ3n) is 3.85. The second-order valence-corrected chi connectivity index (χ2v) is 5.01. The summed E-state index contributed by atoms with van der Waals surface area (Å²) in [5.41, 5.74) is 0.952. The molecule has 7 heteroatoms. The minimum atomic E-state index is -0.630. The van der Waals surface area contributed by atoms with E-state index in [0.717, 1.165) is 30.0 Å². The first kappa shape index (κ1) is 11.1. The monoisotopic (exact) mass is 248 g/mol. The predicted octanol–water partition coefficient (Wildman–Crippen LogP) is -0.713. The van der Waals surface area contributed by atoms with Crippen LogP contribution >= 0.6 is 0 Å². The molecule has 1 heterocycles. The molecule has 1 aromatic rings. The van der Waals surface area contributed by atoms with Crippen molar-refractivity contribution < 1.29 is 9.59 Å². The highest BCUT2D eigenvalue weighted by Crippen LogP contribution is 2.64. The first-order chi connectivity index (χ1) is 8.55. The number of nitrogens with two attached hydrogens (primary N) is 1. The maximum atomic E-state index is 12.2. The third kappa shape index (κ3) is 1.34. The molecule has 0 radical (unpaired) electrons. The van der Waals surface area contributed by atoms with Crippen LogP contribution in [-0.2, 0) is 0 Å². The smallest absolute Gasteiger partial charge is 0.285 e. The lowest BCUT2D eigenvalue weighted by molar-refractivity contribution is -0.0781. The Morgan fingerprint density at radius 1 is 1.39 bits per heavy atom. The molecule has 0 saturated heterocycles. The molecule has 3 N–H and O–H groups in total. The number of nitrogens with one attached hydrogen (secondary N) is 1. The molecule has 1 amide bonds. The second kappa shape index (κ2) is 3.49. The van der Waals surface area contributed by atoms with Gasteiger partial charge >= 0.3 is 0 Å². The van der Waals surface area contributed by atoms with Crippen molar-refractivity contribution in [2.24, 2.45) is 17.2 Å². The average molecular weight is 248 g/mol. The minimum Gasteiger partial charge on any atom is -0.289 e. The van der Waals surface area contributed by atoms with E-state index < -0.39 is 16.9 Å². The second-order valence-electron chi connectivity index (χ2n) is 5.01. The largest absolute Gasteiger partial charge is 0.289 e. The van der Waals surface area contributed by atoms with Gasteiger partial charge in [-0.15, -0.1) is 0 Å². The van der Waals surface area contributed by atoms with E-state index in [1.54, 1.807) is 0 Å². The summed E-state index contributed by atoms with van der Waals surface area (Å²) < 4.78 is 0.792. The summed E-state index contributed by atoms with van der Waals surface area (Å²) >= 11 is 0. The first-order valence-corrected chi connectivity index (χ1v) is 5.72. The maximum absolute atomic E-state index is 12.2. The van der Waals surface area contributed by atoms with Gasteiger partial charge in [0.2, 0.25) is 0 Å². The van der Waals surface area contributed by atoms with Crippen LogP contribution in [0.15, 0.2) is 16.9 Å². The molecule has 1 aromatic heterocycles. The van der Waals surface area contributed by atoms with Crippen LogP contribution in [0.4, 0.5) is 0 Å². The zero-order chi connectivity index (χ0) is 12.9. The van der Waals surface area contributed by atoms with Crippen molar-refractivity contribution >= 4 is 11.8 Å². The van der Waals surface area contributed by atoms with Gasteiger partial charge in [0, 0.05) is 6.07 Å². The standard InChI is InChI=1S/C11H12N4O3/c12-13-9(17)7-1-2-8(16)15(14-7)10(18)11-3-6(4-11)5-11/h1-2,6H,3-5,12H2,(H,13,17). The van der Waals surface area contributed by atoms with Gasteiger partial charge in [-0.2, -0.15) is 9.78 Å². The molecule has 0 aromatic carbocycles. The summed E-state index contributed by atoms with van der Waals surface area (Å²) in [7, 11) is 0. The number of hydrogen-bond acceptors (Lipinski definition) is 5. The molecule has 3 saturated carbocycles. The lowest BCUT2D eigenvalue weighted by atomic mass is 9.44. The topological polar surface area (TPSA) is 107 Å². The van der Waals surface area contributed by atoms with Crippen LogP contribution in [-0.4, -0.2) is 21.6 Å². The number of carbonyl (C=O) groups is 2. The fourth-order valence-corrected chi connectivity index (χ4v) is 2.72. The van der Waals surface area contributed by atoms with Gasteiger partial charge in [-0.05, 0) is 31.2 Å². The number of rotatable bonds is 2. The van der Waals surface area contributed by atoms with Crippen LogP contribution in [0.1, 0.15) is 34.5 Å². The quantitative estimate of drug-likeness (QED) is 0.408. The minimum absolute atomic E-state index is 0.0444. The Balaban J connectivity index is 1.97. The molecule has 3 aliphatic rings. The lowest BCUT2D eigenvalue weighted by Gasteiger charge is -2.59. The Hall–Kier alpha value is -2.02. The van der Waals surface area contributed by atoms with Gasteiger partial charge in [0.1, 0.15) is 0 Å². The van der Waals surface area contributed by atoms with Gasteiger partial charge in [0.25, 0.3) is 17.4 Å². The Labute approximate surface area is 102 Å². The fourth-order valence-electron chi connectivity index (χ4n) is 2.72. The number of nitrogen functional groups attached to an aromatic ring is 1. The highest BCUT2D eigenvalue weighted by Gasteiger charge is 2.62. The van der Waals surface area contributed by atoms with Gasteiger partial charge in [-0.3, -0.25) is 19.8 Å². The molecule has 7 nitrogen and oxygen atoms in total. The highest BCUT2D eigenvalue weighted by atomic mass is 16.2. The third-order valence-corrected chi connectivity index (χ3v) is 3.85. The van der Waals surface area contributed by atoms with E-state index in [4.69, 9.17) is 5.84 Å². The Morgan fingerprint density at radius 3 is 2.56 bits per heavy atom. The van der Waals surface area contributed by atoms with E-state index in [-0.39, 0.29) is 11.6 Å². The normalized spacial score (nSPS) is 27.9. The van der Waals surface area contributed by atoms with E-state index in [1.807, 2.05) is 5.43 Å². The Kier molecular flexibility index (Phi) is 2.15. The molecule has 0 spiro atoms. The van der Waals surface area contributed by atoms with E-state index in [2.05, 4.69) is 5.10 Å². The summed E-state index contributed by atoms with van der Waals surface area (Å²) in [4.78, 5) is 35.2. The van der Waals surface area contributed by atoms with Gasteiger partial charge in [0.05, 0.1) is 5.41 Å². The predicted molar refractivity (Wildman–Crippen MR) is 60.6 cm³/mol. The average Bonchev–Trinajstić information content (AvgIpc) is 2.24. The Bertz CT molecular complexity index is 590. The molecule has 94 valence electrons. The van der Waals surface area contributed by atoms with Gasteiger partial charge in [-0.1, -0.05) is 0 Å². The van der Waals surface area contributed by atoms with Crippen LogP contribution in [0, 0.1) is 11.3 Å². The van der Waals surface area contributed by atoms with Crippen molar-refractivity contribution in [2.45, 2.75) is 19.3 Å². The lowest BCUT2D eigenvalue weighted by Crippen LogP contribution is -2.60. The highest BCUT2D eigenvalue weighted by molar-refractivity contribution is 5.92. The van der Waals surface area contributed by atoms with E-state index in [9.17, 15) is 14.4 Å². The van der Waals surface area contributed by atoms with E-state index in [1.165, 1.54) is 6.07 Å². The van der Waals surface area contributed by atoms with Crippen LogP contribution in [0.3, 0.4) is 0 Å². The molecular formula is C11H12N4O3. The molecule has 3 fully saturated rings. The van der Waals surface area contributed by atoms with Gasteiger partial charge in [0.15, 0.2) is 5.69 Å². The van der Waals surface area contributed by atoms with Crippen molar-refractivity contribution in [3.8, 4) is 0 Å². The summed E-state index contributed by atoms with van der Waals surface area (Å²) in [6, 6.07) is 2.40. The van der Waals surface area contributed by atoms with Crippen molar-refractivity contribution in [1.82, 2.24) is 15.2 Å². The fraction of sp³-hybridized carbons (Fsp3) is 0.455. The summed E-state index contributed by atoms with van der Waals surface area (Å²) in [5, 5.41) is 3.78. The summed E-state index contributed by atoms with van der Waals surface area (Å²) in [6.07, 6.45) is 2.48. The van der Waals surface area contributed by atoms with Crippen molar-refractivity contribution in [3.05, 3.63) is 28.2 Å². The van der Waals surface area contributed by atoms with Gasteiger partial charge < -0.3 is 0 Å². The molecule has 3 aliphatic carbocycles. The number of aromatic nitrogens is 2. The van der Waals surface area contributed by atoms with E-state index >= 15 is 0 Å². The van der Waals surface area contributed by atoms with E-state index in [0.29, 0.717) is 5.92 Å². The molecular weight excluding hydrogens is 236 g/mol. The Morgan fingerprint density at radius 2 is 2.06 bits per heavy atom. The molecule has 0 aliphatic heterocycles. The van der Waals surface area contributed by atoms with Crippen molar-refractivity contribution in [3.63, 3.8) is 0 Å². The zero-order valence-electron chi connectivity index (χ0n) is 9.55. The molecule has 18 heavy (non-hydrogen) atoms. The summed E-state index contributed by atoms with van der Waals surface area (Å²) in [5.74, 6) is 4.68. The zero-order valence-corrected chi connectivity index (χ0v) is 9.55. The van der Waals surface area contributed by atoms with Crippen LogP contribution in [0.25, 0.3) is 0 Å². The number of carbonyl (C=O) groups excluding carboxylic acids is 2. The summed E-state index contributed by atoms with van der Waals surface area (Å²) in [6.45, 7) is 0. The van der Waals surface area contributed by atoms with Crippen LogP contribution in [0.2, 0.25) is 0 Å². The number of nitrogens with zero attached hydrogens (tertiary/aromatic N) is 2. The van der Waals surface area contributed by atoms with Gasteiger partial charge in [-0.25, -0.2) is 5.84 Å². The van der Waals surface area contributed by atoms with Crippen molar-refractivity contribution in [1.29, 1.82) is 0 Å². The number of hydrogen-bond donors (Lipinski definition) is 2. The molecule has 0 atom stereocenters. The maximum Gasteiger partial charge on any atom is 0.285 e. The number of hydrazine groups is 1.